The van der Waals surface area contributed by atoms with Gasteiger partial charge in [0.25, 0.3) is 0 Å². The summed E-state index contributed by atoms with van der Waals surface area (Å²) < 4.78 is 1.76. The van der Waals surface area contributed by atoms with E-state index in [-0.39, 0.29) is 17.9 Å². The van der Waals surface area contributed by atoms with Crippen LogP contribution in [-0.2, 0) is 11.8 Å². The maximum atomic E-state index is 12.5. The Morgan fingerprint density at radius 2 is 1.92 bits per heavy atom. The summed E-state index contributed by atoms with van der Waals surface area (Å²) in [6, 6.07) is 4.14. The number of carbonyl (C=O) groups excluding carboxylic acids is 1. The molecule has 1 aliphatic carbocycles. The molecule has 3 aromatic heterocycles. The number of hydrogen-bond donors (Lipinski definition) is 2. The molecule has 0 saturated heterocycles. The van der Waals surface area contributed by atoms with Crippen LogP contribution in [0.3, 0.4) is 0 Å². The molecular weight excluding hydrogens is 328 g/mol. The molecule has 0 atom stereocenters. The summed E-state index contributed by atoms with van der Waals surface area (Å²) in [6.07, 6.45) is 10.7. The first-order valence-corrected chi connectivity index (χ1v) is 8.90. The fourth-order valence-electron chi connectivity index (χ4n) is 3.44. The molecule has 1 amide bonds. The van der Waals surface area contributed by atoms with Crippen molar-refractivity contribution in [2.75, 3.05) is 5.32 Å². The Hall–Kier alpha value is -2.80. The minimum Gasteiger partial charge on any atom is -0.328 e. The van der Waals surface area contributed by atoms with Crippen LogP contribution in [0, 0.1) is 5.92 Å². The van der Waals surface area contributed by atoms with Crippen molar-refractivity contribution in [2.24, 2.45) is 18.7 Å². The summed E-state index contributed by atoms with van der Waals surface area (Å²) >= 11 is 0. The number of hydrogen-bond acceptors (Lipinski definition) is 5. The lowest BCUT2D eigenvalue weighted by atomic mass is 9.86. The highest BCUT2D eigenvalue weighted by molar-refractivity contribution is 5.94. The second kappa shape index (κ2) is 6.84. The molecule has 0 radical (unpaired) electrons. The molecule has 1 saturated carbocycles. The van der Waals surface area contributed by atoms with Gasteiger partial charge >= 0.3 is 0 Å². The molecule has 4 rings (SSSR count). The monoisotopic (exact) mass is 350 g/mol. The Kier molecular flexibility index (Phi) is 4.38. The van der Waals surface area contributed by atoms with E-state index in [0.717, 1.165) is 47.7 Å². The van der Waals surface area contributed by atoms with Crippen LogP contribution in [0.4, 0.5) is 5.82 Å². The van der Waals surface area contributed by atoms with Gasteiger partial charge in [0.05, 0.1) is 17.9 Å². The van der Waals surface area contributed by atoms with Crippen LogP contribution in [0.15, 0.2) is 36.9 Å². The van der Waals surface area contributed by atoms with Crippen molar-refractivity contribution < 1.29 is 4.79 Å². The van der Waals surface area contributed by atoms with E-state index in [9.17, 15) is 4.79 Å². The van der Waals surface area contributed by atoms with Gasteiger partial charge < -0.3 is 11.1 Å². The van der Waals surface area contributed by atoms with Crippen molar-refractivity contribution >= 4 is 22.6 Å². The lowest BCUT2D eigenvalue weighted by Gasteiger charge is -2.24. The van der Waals surface area contributed by atoms with Gasteiger partial charge in [-0.2, -0.15) is 5.10 Å². The molecule has 0 spiro atoms. The standard InChI is InChI=1S/C19H22N6O/c1-25-11-15(9-23-25)14-6-13-7-18(22-10-17(13)21-8-14)24-19(26)12-2-4-16(20)5-3-12/h6-12,16H,2-5,20H2,1H3,(H,22,24,26)/t12-,16-. The fraction of sp³-hybridized carbons (Fsp3) is 0.368. The van der Waals surface area contributed by atoms with Gasteiger partial charge in [-0.25, -0.2) is 4.98 Å². The van der Waals surface area contributed by atoms with Crippen molar-refractivity contribution in [3.63, 3.8) is 0 Å². The summed E-state index contributed by atoms with van der Waals surface area (Å²) in [5.41, 5.74) is 8.69. The number of carbonyl (C=O) groups is 1. The molecule has 0 aliphatic heterocycles. The maximum Gasteiger partial charge on any atom is 0.228 e. The van der Waals surface area contributed by atoms with Crippen molar-refractivity contribution in [2.45, 2.75) is 31.7 Å². The quantitative estimate of drug-likeness (QED) is 0.756. The van der Waals surface area contributed by atoms with Crippen molar-refractivity contribution in [1.82, 2.24) is 19.7 Å². The van der Waals surface area contributed by atoms with Gasteiger partial charge in [-0.1, -0.05) is 0 Å². The van der Waals surface area contributed by atoms with Crippen LogP contribution in [0.5, 0.6) is 0 Å². The van der Waals surface area contributed by atoms with Crippen molar-refractivity contribution in [3.8, 4) is 11.1 Å². The summed E-state index contributed by atoms with van der Waals surface area (Å²) in [4.78, 5) is 21.3. The van der Waals surface area contributed by atoms with E-state index in [1.165, 1.54) is 0 Å². The topological polar surface area (TPSA) is 98.7 Å². The van der Waals surface area contributed by atoms with Gasteiger partial charge in [-0.05, 0) is 37.8 Å². The zero-order chi connectivity index (χ0) is 18.1. The van der Waals surface area contributed by atoms with E-state index in [0.29, 0.717) is 5.82 Å². The highest BCUT2D eigenvalue weighted by Crippen LogP contribution is 2.26. The zero-order valence-corrected chi connectivity index (χ0v) is 14.7. The van der Waals surface area contributed by atoms with Gasteiger partial charge in [-0.3, -0.25) is 14.5 Å². The Morgan fingerprint density at radius 1 is 1.12 bits per heavy atom. The average molecular weight is 350 g/mol. The summed E-state index contributed by atoms with van der Waals surface area (Å²) in [5, 5.41) is 8.08. The number of amides is 1. The molecule has 0 unspecified atom stereocenters. The molecule has 7 nitrogen and oxygen atoms in total. The van der Waals surface area contributed by atoms with Gasteiger partial charge in [0.15, 0.2) is 0 Å². The third-order valence-corrected chi connectivity index (χ3v) is 5.00. The van der Waals surface area contributed by atoms with E-state index in [1.54, 1.807) is 17.1 Å². The molecule has 134 valence electrons. The first-order valence-electron chi connectivity index (χ1n) is 8.90. The van der Waals surface area contributed by atoms with Crippen LogP contribution < -0.4 is 11.1 Å². The van der Waals surface area contributed by atoms with E-state index in [1.807, 2.05) is 31.6 Å². The van der Waals surface area contributed by atoms with E-state index in [2.05, 4.69) is 20.4 Å². The molecule has 0 bridgehead atoms. The van der Waals surface area contributed by atoms with Gasteiger partial charge in [0.2, 0.25) is 5.91 Å². The van der Waals surface area contributed by atoms with Crippen LogP contribution in [0.2, 0.25) is 0 Å². The summed E-state index contributed by atoms with van der Waals surface area (Å²) in [7, 11) is 1.88. The smallest absolute Gasteiger partial charge is 0.228 e. The molecule has 1 fully saturated rings. The van der Waals surface area contributed by atoms with Crippen molar-refractivity contribution in [1.29, 1.82) is 0 Å². The largest absolute Gasteiger partial charge is 0.328 e. The predicted molar refractivity (Wildman–Crippen MR) is 100 cm³/mol. The number of nitrogens with zero attached hydrogens (tertiary/aromatic N) is 4. The fourth-order valence-corrected chi connectivity index (χ4v) is 3.44. The minimum atomic E-state index is 0.0205. The molecular formula is C19H22N6O. The Balaban J connectivity index is 1.55. The third-order valence-electron chi connectivity index (χ3n) is 5.00. The molecule has 7 heteroatoms. The molecule has 0 aromatic carbocycles. The Labute approximate surface area is 151 Å². The van der Waals surface area contributed by atoms with E-state index < -0.39 is 0 Å². The SMILES string of the molecule is Cn1cc(-c2cnc3cnc(NC(=O)[C@H]4CC[C@H](N)CC4)cc3c2)cn1. The highest BCUT2D eigenvalue weighted by Gasteiger charge is 2.24. The Morgan fingerprint density at radius 3 is 2.65 bits per heavy atom. The molecule has 3 heterocycles. The third kappa shape index (κ3) is 3.43. The number of anilines is 1. The Bertz CT molecular complexity index is 942. The average Bonchev–Trinajstić information content (AvgIpc) is 3.08. The first kappa shape index (κ1) is 16.7. The number of aromatic nitrogens is 4. The zero-order valence-electron chi connectivity index (χ0n) is 14.7. The first-order chi connectivity index (χ1) is 12.6. The number of fused-ring (bicyclic) bond motifs is 1. The van der Waals surface area contributed by atoms with Gasteiger partial charge in [-0.15, -0.1) is 0 Å². The number of pyridine rings is 2. The molecule has 1 aliphatic rings. The minimum absolute atomic E-state index is 0.0205. The van der Waals surface area contributed by atoms with Crippen molar-refractivity contribution in [3.05, 3.63) is 36.9 Å². The van der Waals surface area contributed by atoms with Crippen LogP contribution in [0.25, 0.3) is 22.0 Å². The van der Waals surface area contributed by atoms with E-state index >= 15 is 0 Å². The maximum absolute atomic E-state index is 12.5. The van der Waals surface area contributed by atoms with Gasteiger partial charge in [0, 0.05) is 47.9 Å². The number of aryl methyl sites for hydroxylation is 1. The predicted octanol–water partition coefficient (Wildman–Crippen LogP) is 2.49. The second-order valence-electron chi connectivity index (χ2n) is 6.99. The van der Waals surface area contributed by atoms with E-state index in [4.69, 9.17) is 5.73 Å². The second-order valence-corrected chi connectivity index (χ2v) is 6.99. The molecule has 3 N–H and O–H groups in total. The summed E-state index contributed by atoms with van der Waals surface area (Å²) in [6.45, 7) is 0. The molecule has 26 heavy (non-hydrogen) atoms. The highest BCUT2D eigenvalue weighted by atomic mass is 16.1. The normalized spacial score (nSPS) is 20.2. The number of rotatable bonds is 3. The van der Waals surface area contributed by atoms with Gasteiger partial charge in [0.1, 0.15) is 5.82 Å². The van der Waals surface area contributed by atoms with Crippen LogP contribution >= 0.6 is 0 Å². The molecule has 3 aromatic rings. The van der Waals surface area contributed by atoms with Crippen LogP contribution in [-0.4, -0.2) is 31.7 Å². The number of nitrogens with two attached hydrogens (primary N) is 1. The van der Waals surface area contributed by atoms with Crippen LogP contribution in [0.1, 0.15) is 25.7 Å². The summed E-state index contributed by atoms with van der Waals surface area (Å²) in [5.74, 6) is 0.606. The lowest BCUT2D eigenvalue weighted by Crippen LogP contribution is -2.32. The number of nitrogens with one attached hydrogen (secondary N) is 1. The lowest BCUT2D eigenvalue weighted by molar-refractivity contribution is -0.120.